The van der Waals surface area contributed by atoms with E-state index in [0.717, 1.165) is 16.7 Å². The number of cyclic esters (lactones) is 1. The Morgan fingerprint density at radius 1 is 0.933 bits per heavy atom. The van der Waals surface area contributed by atoms with Crippen molar-refractivity contribution >= 4 is 23.9 Å². The summed E-state index contributed by atoms with van der Waals surface area (Å²) < 4.78 is 10.7. The monoisotopic (exact) mass is 397 g/mol. The number of benzene rings is 3. The van der Waals surface area contributed by atoms with E-state index < -0.39 is 11.9 Å². The molecule has 3 aromatic rings. The van der Waals surface area contributed by atoms with Crippen molar-refractivity contribution in [2.75, 3.05) is 0 Å². The lowest BCUT2D eigenvalue weighted by atomic mass is 10.1. The summed E-state index contributed by atoms with van der Waals surface area (Å²) in [5, 5.41) is 0. The van der Waals surface area contributed by atoms with Crippen LogP contribution < -0.4 is 4.74 Å². The first-order valence-corrected chi connectivity index (χ1v) is 9.46. The highest BCUT2D eigenvalue weighted by atomic mass is 16.6. The van der Waals surface area contributed by atoms with E-state index in [-0.39, 0.29) is 11.6 Å². The van der Waals surface area contributed by atoms with E-state index in [1.807, 2.05) is 50.2 Å². The van der Waals surface area contributed by atoms with Gasteiger partial charge in [0.25, 0.3) is 0 Å². The maximum Gasteiger partial charge on any atom is 0.363 e. The van der Waals surface area contributed by atoms with Crippen LogP contribution in [0.15, 0.2) is 83.5 Å². The van der Waals surface area contributed by atoms with Gasteiger partial charge in [-0.05, 0) is 61.9 Å². The van der Waals surface area contributed by atoms with Crippen LogP contribution in [0.1, 0.15) is 32.6 Å². The van der Waals surface area contributed by atoms with Gasteiger partial charge in [0.1, 0.15) is 5.75 Å². The minimum Gasteiger partial charge on any atom is -0.423 e. The second-order valence-corrected chi connectivity index (χ2v) is 7.03. The molecule has 4 rings (SSSR count). The van der Waals surface area contributed by atoms with Crippen LogP contribution in [0.2, 0.25) is 0 Å². The van der Waals surface area contributed by atoms with Gasteiger partial charge in [-0.1, -0.05) is 47.5 Å². The number of nitrogens with zero attached hydrogens (tertiary/aromatic N) is 1. The van der Waals surface area contributed by atoms with Gasteiger partial charge in [-0.25, -0.2) is 14.6 Å². The van der Waals surface area contributed by atoms with E-state index in [9.17, 15) is 9.59 Å². The Bertz CT molecular complexity index is 1170. The molecular weight excluding hydrogens is 378 g/mol. The number of rotatable bonds is 4. The van der Waals surface area contributed by atoms with Gasteiger partial charge >= 0.3 is 11.9 Å². The molecule has 0 unspecified atom stereocenters. The number of carbonyl (C=O) groups excluding carboxylic acids is 2. The Hall–Kier alpha value is -3.99. The summed E-state index contributed by atoms with van der Waals surface area (Å²) in [5.74, 6) is -0.315. The third-order valence-corrected chi connectivity index (χ3v) is 4.58. The van der Waals surface area contributed by atoms with Crippen molar-refractivity contribution in [3.63, 3.8) is 0 Å². The molecule has 0 fully saturated rings. The third-order valence-electron chi connectivity index (χ3n) is 4.58. The minimum absolute atomic E-state index is 0.188. The van der Waals surface area contributed by atoms with Crippen molar-refractivity contribution < 1.29 is 19.1 Å². The molecule has 1 aliphatic rings. The van der Waals surface area contributed by atoms with Gasteiger partial charge in [0, 0.05) is 5.56 Å². The molecule has 0 aliphatic carbocycles. The minimum atomic E-state index is -0.521. The predicted molar refractivity (Wildman–Crippen MR) is 114 cm³/mol. The first kappa shape index (κ1) is 19.3. The molecule has 3 aromatic carbocycles. The number of hydrogen-bond donors (Lipinski definition) is 0. The third kappa shape index (κ3) is 4.36. The van der Waals surface area contributed by atoms with Gasteiger partial charge in [-0.2, -0.15) is 0 Å². The molecule has 1 heterocycles. The molecule has 0 radical (unpaired) electrons. The van der Waals surface area contributed by atoms with Gasteiger partial charge in [0.05, 0.1) is 5.56 Å². The second kappa shape index (κ2) is 8.17. The fourth-order valence-electron chi connectivity index (χ4n) is 2.91. The van der Waals surface area contributed by atoms with E-state index in [2.05, 4.69) is 4.99 Å². The quantitative estimate of drug-likeness (QED) is 0.358. The van der Waals surface area contributed by atoms with Crippen molar-refractivity contribution in [2.24, 2.45) is 4.99 Å². The molecule has 5 heteroatoms. The molecule has 0 spiro atoms. The fourth-order valence-corrected chi connectivity index (χ4v) is 2.91. The van der Waals surface area contributed by atoms with E-state index in [1.54, 1.807) is 42.5 Å². The molecule has 0 N–H and O–H groups in total. The van der Waals surface area contributed by atoms with Crippen molar-refractivity contribution in [3.05, 3.63) is 106 Å². The van der Waals surface area contributed by atoms with Crippen molar-refractivity contribution in [2.45, 2.75) is 13.8 Å². The molecule has 0 aromatic heterocycles. The van der Waals surface area contributed by atoms with Gasteiger partial charge < -0.3 is 9.47 Å². The lowest BCUT2D eigenvalue weighted by Gasteiger charge is -2.05. The van der Waals surface area contributed by atoms with E-state index in [1.165, 1.54) is 0 Å². The standard InChI is InChI=1S/C25H19NO4/c1-16-6-10-19(11-7-16)23-26-22(25(28)30-23)15-18-4-3-5-21(14-18)29-24(27)20-12-8-17(2)9-13-20/h3-15H,1-2H3/b22-15+. The zero-order valence-corrected chi connectivity index (χ0v) is 16.6. The average molecular weight is 397 g/mol. The Kier molecular flexibility index (Phi) is 5.26. The summed E-state index contributed by atoms with van der Waals surface area (Å²) in [5.41, 5.74) is 4.23. The highest BCUT2D eigenvalue weighted by Gasteiger charge is 2.24. The molecule has 5 nitrogen and oxygen atoms in total. The largest absolute Gasteiger partial charge is 0.423 e. The molecule has 30 heavy (non-hydrogen) atoms. The van der Waals surface area contributed by atoms with Gasteiger partial charge in [-0.15, -0.1) is 0 Å². The fraction of sp³-hybridized carbons (Fsp3) is 0.0800. The van der Waals surface area contributed by atoms with Crippen LogP contribution in [-0.4, -0.2) is 17.8 Å². The Balaban J connectivity index is 1.54. The van der Waals surface area contributed by atoms with Crippen molar-refractivity contribution in [1.29, 1.82) is 0 Å². The lowest BCUT2D eigenvalue weighted by molar-refractivity contribution is -0.129. The van der Waals surface area contributed by atoms with Crippen molar-refractivity contribution in [3.8, 4) is 5.75 Å². The molecular formula is C25H19NO4. The number of hydrogen-bond acceptors (Lipinski definition) is 5. The highest BCUT2D eigenvalue weighted by Crippen LogP contribution is 2.22. The molecule has 0 bridgehead atoms. The van der Waals surface area contributed by atoms with Crippen molar-refractivity contribution in [1.82, 2.24) is 0 Å². The van der Waals surface area contributed by atoms with Gasteiger partial charge in [-0.3, -0.25) is 0 Å². The van der Waals surface area contributed by atoms with E-state index in [0.29, 0.717) is 16.9 Å². The zero-order valence-electron chi connectivity index (χ0n) is 16.6. The summed E-state index contributed by atoms with van der Waals surface area (Å²) in [4.78, 5) is 28.8. The van der Waals surface area contributed by atoms with Crippen LogP contribution in [0, 0.1) is 13.8 Å². The SMILES string of the molecule is Cc1ccc(C(=O)Oc2cccc(/C=C3/N=C(c4ccc(C)cc4)OC3=O)c2)cc1. The van der Waals surface area contributed by atoms with Crippen LogP contribution in [0.25, 0.3) is 6.08 Å². The maximum atomic E-state index is 12.3. The first-order chi connectivity index (χ1) is 14.5. The van der Waals surface area contributed by atoms with Crippen LogP contribution in [0.3, 0.4) is 0 Å². The maximum absolute atomic E-state index is 12.3. The zero-order chi connectivity index (χ0) is 21.1. The molecule has 148 valence electrons. The van der Waals surface area contributed by atoms with E-state index >= 15 is 0 Å². The molecule has 0 saturated heterocycles. The van der Waals surface area contributed by atoms with Crippen LogP contribution in [0.4, 0.5) is 0 Å². The van der Waals surface area contributed by atoms with Crippen LogP contribution in [-0.2, 0) is 9.53 Å². The molecule has 0 saturated carbocycles. The van der Waals surface area contributed by atoms with Crippen LogP contribution in [0.5, 0.6) is 5.75 Å². The summed E-state index contributed by atoms with van der Waals surface area (Å²) in [7, 11) is 0. The first-order valence-electron chi connectivity index (χ1n) is 9.46. The normalized spacial score (nSPS) is 14.4. The Labute approximate surface area is 174 Å². The summed E-state index contributed by atoms with van der Waals surface area (Å²) >= 11 is 0. The molecule has 0 atom stereocenters. The number of aryl methyl sites for hydroxylation is 2. The second-order valence-electron chi connectivity index (χ2n) is 7.03. The topological polar surface area (TPSA) is 65.0 Å². The summed E-state index contributed by atoms with van der Waals surface area (Å²) in [6.45, 7) is 3.93. The molecule has 1 aliphatic heterocycles. The van der Waals surface area contributed by atoms with Crippen LogP contribution >= 0.6 is 0 Å². The number of aliphatic imine (C=N–C) groups is 1. The average Bonchev–Trinajstić information content (AvgIpc) is 3.09. The number of carbonyl (C=O) groups is 2. The summed E-state index contributed by atoms with van der Waals surface area (Å²) in [6.07, 6.45) is 1.60. The Morgan fingerprint density at radius 2 is 1.60 bits per heavy atom. The smallest absolute Gasteiger partial charge is 0.363 e. The lowest BCUT2D eigenvalue weighted by Crippen LogP contribution is -2.08. The van der Waals surface area contributed by atoms with Gasteiger partial charge in [0.2, 0.25) is 5.90 Å². The number of ether oxygens (including phenoxy) is 2. The Morgan fingerprint density at radius 3 is 2.30 bits per heavy atom. The number of esters is 2. The highest BCUT2D eigenvalue weighted by molar-refractivity contribution is 6.12. The predicted octanol–water partition coefficient (Wildman–Crippen LogP) is 4.87. The summed E-state index contributed by atoms with van der Waals surface area (Å²) in [6, 6.07) is 21.6. The molecule has 0 amide bonds. The van der Waals surface area contributed by atoms with E-state index in [4.69, 9.17) is 9.47 Å². The van der Waals surface area contributed by atoms with Gasteiger partial charge in [0.15, 0.2) is 5.70 Å².